The highest BCUT2D eigenvalue weighted by molar-refractivity contribution is 5.95. The van der Waals surface area contributed by atoms with Crippen molar-refractivity contribution in [3.63, 3.8) is 0 Å². The van der Waals surface area contributed by atoms with Gasteiger partial charge in [0.25, 0.3) is 0 Å². The van der Waals surface area contributed by atoms with Crippen LogP contribution in [0.25, 0.3) is 0 Å². The standard InChI is InChI=1S/C21H26N2O4/c1-14-7-6-8-15(2)21(14)22-19(24)13-23(3)20(25)12-16-9-10-17(26-4)18(11-16)27-5/h6-11H,12-13H2,1-5H3,(H,22,24). The Labute approximate surface area is 160 Å². The van der Waals surface area contributed by atoms with E-state index < -0.39 is 0 Å². The van der Waals surface area contributed by atoms with Crippen LogP contribution in [0.4, 0.5) is 5.69 Å². The maximum absolute atomic E-state index is 12.5. The molecule has 0 radical (unpaired) electrons. The van der Waals surface area contributed by atoms with Crippen LogP contribution in [0.2, 0.25) is 0 Å². The Bertz CT molecular complexity index is 813. The van der Waals surface area contributed by atoms with Gasteiger partial charge in [-0.05, 0) is 42.7 Å². The minimum atomic E-state index is -0.226. The number of nitrogens with one attached hydrogen (secondary N) is 1. The maximum atomic E-state index is 12.5. The number of amides is 2. The third-order valence-electron chi connectivity index (χ3n) is 4.36. The number of nitrogens with zero attached hydrogens (tertiary/aromatic N) is 1. The molecule has 27 heavy (non-hydrogen) atoms. The average molecular weight is 370 g/mol. The van der Waals surface area contributed by atoms with Gasteiger partial charge in [0.05, 0.1) is 27.2 Å². The maximum Gasteiger partial charge on any atom is 0.243 e. The van der Waals surface area contributed by atoms with Crippen LogP contribution in [0.5, 0.6) is 11.5 Å². The Balaban J connectivity index is 1.98. The lowest BCUT2D eigenvalue weighted by molar-refractivity contribution is -0.132. The molecule has 0 aromatic heterocycles. The lowest BCUT2D eigenvalue weighted by Crippen LogP contribution is -2.36. The number of carbonyl (C=O) groups is 2. The fraction of sp³-hybridized carbons (Fsp3) is 0.333. The molecule has 2 amide bonds. The molecule has 0 aliphatic rings. The van der Waals surface area contributed by atoms with Crippen LogP contribution in [0, 0.1) is 13.8 Å². The third kappa shape index (κ3) is 5.23. The summed E-state index contributed by atoms with van der Waals surface area (Å²) < 4.78 is 10.5. The number of ether oxygens (including phenoxy) is 2. The van der Waals surface area contributed by atoms with Crippen LogP contribution in [-0.2, 0) is 16.0 Å². The molecule has 1 N–H and O–H groups in total. The van der Waals surface area contributed by atoms with Crippen molar-refractivity contribution in [1.29, 1.82) is 0 Å². The molecule has 0 aliphatic heterocycles. The van der Waals surface area contributed by atoms with E-state index in [9.17, 15) is 9.59 Å². The second-order valence-corrected chi connectivity index (χ2v) is 6.43. The van der Waals surface area contributed by atoms with Crippen molar-refractivity contribution in [2.24, 2.45) is 0 Å². The zero-order chi connectivity index (χ0) is 20.0. The molecule has 0 fully saturated rings. The lowest BCUT2D eigenvalue weighted by atomic mass is 10.1. The number of methoxy groups -OCH3 is 2. The van der Waals surface area contributed by atoms with E-state index in [-0.39, 0.29) is 24.8 Å². The Morgan fingerprint density at radius 1 is 1.00 bits per heavy atom. The minimum absolute atomic E-state index is 0.0140. The van der Waals surface area contributed by atoms with Gasteiger partial charge in [0.15, 0.2) is 11.5 Å². The Hall–Kier alpha value is -3.02. The van der Waals surface area contributed by atoms with Gasteiger partial charge in [-0.25, -0.2) is 0 Å². The van der Waals surface area contributed by atoms with E-state index in [1.807, 2.05) is 38.1 Å². The largest absolute Gasteiger partial charge is 0.493 e. The zero-order valence-corrected chi connectivity index (χ0v) is 16.5. The summed E-state index contributed by atoms with van der Waals surface area (Å²) in [6.07, 6.45) is 0.174. The van der Waals surface area contributed by atoms with E-state index in [0.717, 1.165) is 22.4 Å². The summed E-state index contributed by atoms with van der Waals surface area (Å²) in [5, 5.41) is 2.89. The van der Waals surface area contributed by atoms with Gasteiger partial charge in [-0.15, -0.1) is 0 Å². The van der Waals surface area contributed by atoms with Gasteiger partial charge in [0.2, 0.25) is 11.8 Å². The van der Waals surface area contributed by atoms with Crippen LogP contribution in [0.3, 0.4) is 0 Å². The molecule has 0 saturated heterocycles. The first-order valence-electron chi connectivity index (χ1n) is 8.66. The van der Waals surface area contributed by atoms with Crippen LogP contribution in [0.1, 0.15) is 16.7 Å². The van der Waals surface area contributed by atoms with Crippen molar-refractivity contribution in [2.45, 2.75) is 20.3 Å². The van der Waals surface area contributed by atoms with Gasteiger partial charge >= 0.3 is 0 Å². The Kier molecular flexibility index (Phi) is 6.82. The fourth-order valence-corrected chi connectivity index (χ4v) is 2.79. The number of para-hydroxylation sites is 1. The molecule has 2 aromatic carbocycles. The first kappa shape index (κ1) is 20.3. The first-order valence-corrected chi connectivity index (χ1v) is 8.66. The summed E-state index contributed by atoms with van der Waals surface area (Å²) in [4.78, 5) is 26.2. The van der Waals surface area contributed by atoms with Gasteiger partial charge in [-0.3, -0.25) is 9.59 Å². The number of hydrogen-bond acceptors (Lipinski definition) is 4. The Morgan fingerprint density at radius 3 is 2.22 bits per heavy atom. The van der Waals surface area contributed by atoms with Crippen LogP contribution >= 0.6 is 0 Å². The van der Waals surface area contributed by atoms with Crippen LogP contribution in [0.15, 0.2) is 36.4 Å². The molecule has 0 unspecified atom stereocenters. The number of rotatable bonds is 7. The van der Waals surface area contributed by atoms with Crippen LogP contribution in [-0.4, -0.2) is 44.5 Å². The second kappa shape index (κ2) is 9.07. The van der Waals surface area contributed by atoms with Crippen molar-refractivity contribution < 1.29 is 19.1 Å². The molecule has 0 saturated carbocycles. The molecule has 6 nitrogen and oxygen atoms in total. The molecule has 0 spiro atoms. The van der Waals surface area contributed by atoms with Crippen LogP contribution < -0.4 is 14.8 Å². The highest BCUT2D eigenvalue weighted by Crippen LogP contribution is 2.27. The van der Waals surface area contributed by atoms with Crippen molar-refractivity contribution in [3.05, 3.63) is 53.1 Å². The lowest BCUT2D eigenvalue weighted by Gasteiger charge is -2.18. The molecule has 6 heteroatoms. The molecular weight excluding hydrogens is 344 g/mol. The highest BCUT2D eigenvalue weighted by Gasteiger charge is 2.16. The van der Waals surface area contributed by atoms with Gasteiger partial charge in [0, 0.05) is 12.7 Å². The van der Waals surface area contributed by atoms with Crippen molar-refractivity contribution in [2.75, 3.05) is 33.1 Å². The molecule has 0 atom stereocenters. The molecule has 144 valence electrons. The predicted octanol–water partition coefficient (Wildman–Crippen LogP) is 2.96. The SMILES string of the molecule is COc1ccc(CC(=O)N(C)CC(=O)Nc2c(C)cccc2C)cc1OC. The molecule has 0 bridgehead atoms. The van der Waals surface area contributed by atoms with Crippen molar-refractivity contribution >= 4 is 17.5 Å². The van der Waals surface area contributed by atoms with Gasteiger partial charge in [0.1, 0.15) is 0 Å². The van der Waals surface area contributed by atoms with E-state index in [1.54, 1.807) is 33.4 Å². The summed E-state index contributed by atoms with van der Waals surface area (Å²) in [7, 11) is 4.73. The molecule has 2 rings (SSSR count). The third-order valence-corrected chi connectivity index (χ3v) is 4.36. The van der Waals surface area contributed by atoms with E-state index in [2.05, 4.69) is 5.32 Å². The number of anilines is 1. The zero-order valence-electron chi connectivity index (χ0n) is 16.5. The van der Waals surface area contributed by atoms with E-state index in [1.165, 1.54) is 4.90 Å². The average Bonchev–Trinajstić information content (AvgIpc) is 2.64. The van der Waals surface area contributed by atoms with Gasteiger partial charge < -0.3 is 19.7 Å². The summed E-state index contributed by atoms with van der Waals surface area (Å²) in [6.45, 7) is 3.86. The quantitative estimate of drug-likeness (QED) is 0.814. The van der Waals surface area contributed by atoms with E-state index >= 15 is 0 Å². The normalized spacial score (nSPS) is 10.3. The fourth-order valence-electron chi connectivity index (χ4n) is 2.79. The molecule has 0 aliphatic carbocycles. The first-order chi connectivity index (χ1) is 12.8. The van der Waals surface area contributed by atoms with Crippen molar-refractivity contribution in [3.8, 4) is 11.5 Å². The summed E-state index contributed by atoms with van der Waals surface area (Å²) >= 11 is 0. The Morgan fingerprint density at radius 2 is 1.63 bits per heavy atom. The van der Waals surface area contributed by atoms with Gasteiger partial charge in [-0.2, -0.15) is 0 Å². The monoisotopic (exact) mass is 370 g/mol. The summed E-state index contributed by atoms with van der Waals surface area (Å²) in [5.74, 6) is 0.794. The number of hydrogen-bond donors (Lipinski definition) is 1. The number of likely N-dealkylation sites (N-methyl/N-ethyl adjacent to an activating group) is 1. The van der Waals surface area contributed by atoms with Gasteiger partial charge in [-0.1, -0.05) is 24.3 Å². The topological polar surface area (TPSA) is 67.9 Å². The predicted molar refractivity (Wildman–Crippen MR) is 105 cm³/mol. The summed E-state index contributed by atoms with van der Waals surface area (Å²) in [6, 6.07) is 11.2. The molecular formula is C21H26N2O4. The second-order valence-electron chi connectivity index (χ2n) is 6.43. The van der Waals surface area contributed by atoms with E-state index in [4.69, 9.17) is 9.47 Å². The number of aryl methyl sites for hydroxylation is 2. The number of carbonyl (C=O) groups excluding carboxylic acids is 2. The smallest absolute Gasteiger partial charge is 0.243 e. The van der Waals surface area contributed by atoms with Crippen molar-refractivity contribution in [1.82, 2.24) is 4.90 Å². The number of benzene rings is 2. The van der Waals surface area contributed by atoms with E-state index in [0.29, 0.717) is 11.5 Å². The highest BCUT2D eigenvalue weighted by atomic mass is 16.5. The summed E-state index contributed by atoms with van der Waals surface area (Å²) in [5.41, 5.74) is 3.56. The minimum Gasteiger partial charge on any atom is -0.493 e. The molecule has 0 heterocycles. The molecule has 2 aromatic rings.